The zero-order chi connectivity index (χ0) is 11.0. The number of carboxylic acid groups (broad SMARTS) is 1. The highest BCUT2D eigenvalue weighted by Gasteiger charge is 2.10. The lowest BCUT2D eigenvalue weighted by Crippen LogP contribution is -2.41. The number of carboxylic acids is 1. The minimum absolute atomic E-state index is 0.0567. The van der Waals surface area contributed by atoms with E-state index in [1.807, 2.05) is 6.07 Å². The van der Waals surface area contributed by atoms with Gasteiger partial charge in [-0.05, 0) is 6.92 Å². The van der Waals surface area contributed by atoms with Crippen LogP contribution in [0.15, 0.2) is 0 Å². The molecule has 78 valence electrons. The van der Waals surface area contributed by atoms with E-state index in [0.717, 1.165) is 0 Å². The van der Waals surface area contributed by atoms with E-state index in [1.54, 1.807) is 0 Å². The van der Waals surface area contributed by atoms with E-state index in [4.69, 9.17) is 10.4 Å². The first-order valence-electron chi connectivity index (χ1n) is 4.17. The molecule has 0 aliphatic rings. The van der Waals surface area contributed by atoms with Crippen molar-refractivity contribution in [1.82, 2.24) is 10.6 Å². The largest absolute Gasteiger partial charge is 0.480 e. The molecule has 0 saturated heterocycles. The fourth-order valence-electron chi connectivity index (χ4n) is 0.653. The van der Waals surface area contributed by atoms with Crippen LogP contribution in [0.25, 0.3) is 0 Å². The van der Waals surface area contributed by atoms with Crippen LogP contribution < -0.4 is 10.6 Å². The van der Waals surface area contributed by atoms with Gasteiger partial charge in [0.2, 0.25) is 5.91 Å². The summed E-state index contributed by atoms with van der Waals surface area (Å²) in [5.41, 5.74) is 0. The maximum absolute atomic E-state index is 11.0. The third-order valence-corrected chi connectivity index (χ3v) is 1.50. The third kappa shape index (κ3) is 5.97. The van der Waals surface area contributed by atoms with Crippen molar-refractivity contribution < 1.29 is 14.7 Å². The summed E-state index contributed by atoms with van der Waals surface area (Å²) in [7, 11) is 0. The van der Waals surface area contributed by atoms with Gasteiger partial charge in [0, 0.05) is 6.54 Å². The Bertz CT molecular complexity index is 247. The van der Waals surface area contributed by atoms with E-state index in [0.29, 0.717) is 6.54 Å². The molecule has 0 saturated carbocycles. The molecule has 6 nitrogen and oxygen atoms in total. The first-order valence-corrected chi connectivity index (χ1v) is 4.17. The van der Waals surface area contributed by atoms with Crippen LogP contribution in [0, 0.1) is 11.3 Å². The summed E-state index contributed by atoms with van der Waals surface area (Å²) in [6, 6.07) is 1.12. The fraction of sp³-hybridized carbons (Fsp3) is 0.625. The molecule has 0 aromatic rings. The molecule has 1 amide bonds. The van der Waals surface area contributed by atoms with Crippen LogP contribution >= 0.6 is 0 Å². The van der Waals surface area contributed by atoms with E-state index in [2.05, 4.69) is 10.6 Å². The highest BCUT2D eigenvalue weighted by molar-refractivity contribution is 5.79. The Hall–Kier alpha value is -1.61. The van der Waals surface area contributed by atoms with Gasteiger partial charge < -0.3 is 10.4 Å². The Balaban J connectivity index is 3.54. The number of rotatable bonds is 6. The molecule has 0 radical (unpaired) electrons. The number of carbonyl (C=O) groups is 2. The van der Waals surface area contributed by atoms with Gasteiger partial charge in [-0.3, -0.25) is 14.9 Å². The van der Waals surface area contributed by atoms with Gasteiger partial charge in [0.15, 0.2) is 0 Å². The maximum Gasteiger partial charge on any atom is 0.320 e. The summed E-state index contributed by atoms with van der Waals surface area (Å²) in [5.74, 6) is -1.32. The standard InChI is InChI=1S/C8H13N3O3/c1-6(8(13)14)11-5-7(12)10-4-2-3-9/h6,11H,2,4-5H2,1H3,(H,10,12)(H,13,14). The average Bonchev–Trinajstić information content (AvgIpc) is 2.14. The Morgan fingerprint density at radius 2 is 2.21 bits per heavy atom. The number of hydrogen-bond donors (Lipinski definition) is 3. The Morgan fingerprint density at radius 3 is 2.71 bits per heavy atom. The molecule has 0 aliphatic carbocycles. The average molecular weight is 199 g/mol. The van der Waals surface area contributed by atoms with Gasteiger partial charge in [-0.15, -0.1) is 0 Å². The number of amides is 1. The van der Waals surface area contributed by atoms with E-state index in [1.165, 1.54) is 6.92 Å². The number of carbonyl (C=O) groups excluding carboxylic acids is 1. The minimum Gasteiger partial charge on any atom is -0.480 e. The second-order valence-corrected chi connectivity index (χ2v) is 2.70. The molecule has 0 rings (SSSR count). The monoisotopic (exact) mass is 199 g/mol. The molecular weight excluding hydrogens is 186 g/mol. The van der Waals surface area contributed by atoms with Crippen LogP contribution in [0.1, 0.15) is 13.3 Å². The van der Waals surface area contributed by atoms with Crippen molar-refractivity contribution >= 4 is 11.9 Å². The van der Waals surface area contributed by atoms with Crippen LogP contribution in [0.2, 0.25) is 0 Å². The van der Waals surface area contributed by atoms with Gasteiger partial charge in [0.05, 0.1) is 19.0 Å². The van der Waals surface area contributed by atoms with E-state index in [9.17, 15) is 9.59 Å². The van der Waals surface area contributed by atoms with E-state index < -0.39 is 12.0 Å². The van der Waals surface area contributed by atoms with Gasteiger partial charge in [-0.25, -0.2) is 0 Å². The van der Waals surface area contributed by atoms with Gasteiger partial charge in [0.1, 0.15) is 6.04 Å². The molecule has 3 N–H and O–H groups in total. The van der Waals surface area contributed by atoms with Crippen molar-refractivity contribution in [3.05, 3.63) is 0 Å². The van der Waals surface area contributed by atoms with Crippen molar-refractivity contribution in [2.75, 3.05) is 13.1 Å². The van der Waals surface area contributed by atoms with Gasteiger partial charge in [0.25, 0.3) is 0 Å². The molecule has 0 aromatic heterocycles. The molecule has 1 unspecified atom stereocenters. The predicted octanol–water partition coefficient (Wildman–Crippen LogP) is -0.921. The third-order valence-electron chi connectivity index (χ3n) is 1.50. The quantitative estimate of drug-likeness (QED) is 0.480. The SMILES string of the molecule is CC(NCC(=O)NCCC#N)C(=O)O. The molecule has 0 aromatic carbocycles. The van der Waals surface area contributed by atoms with Crippen molar-refractivity contribution in [2.24, 2.45) is 0 Å². The minimum atomic E-state index is -1.00. The smallest absolute Gasteiger partial charge is 0.320 e. The van der Waals surface area contributed by atoms with Crippen LogP contribution in [0.4, 0.5) is 0 Å². The molecule has 0 aliphatic heterocycles. The van der Waals surface area contributed by atoms with E-state index >= 15 is 0 Å². The number of nitrogens with zero attached hydrogens (tertiary/aromatic N) is 1. The molecule has 14 heavy (non-hydrogen) atoms. The zero-order valence-electron chi connectivity index (χ0n) is 7.91. The zero-order valence-corrected chi connectivity index (χ0v) is 7.91. The summed E-state index contributed by atoms with van der Waals surface area (Å²) >= 11 is 0. The number of aliphatic carboxylic acids is 1. The number of hydrogen-bond acceptors (Lipinski definition) is 4. The molecule has 0 spiro atoms. The summed E-state index contributed by atoms with van der Waals surface area (Å²) in [6.45, 7) is 1.68. The number of nitriles is 1. The van der Waals surface area contributed by atoms with Crippen molar-refractivity contribution in [2.45, 2.75) is 19.4 Å². The lowest BCUT2D eigenvalue weighted by atomic mass is 10.3. The normalized spacial score (nSPS) is 11.4. The van der Waals surface area contributed by atoms with Gasteiger partial charge >= 0.3 is 5.97 Å². The van der Waals surface area contributed by atoms with Crippen LogP contribution in [0.3, 0.4) is 0 Å². The molecule has 0 bridgehead atoms. The summed E-state index contributed by atoms with van der Waals surface area (Å²) in [6.07, 6.45) is 0.250. The molecule has 1 atom stereocenters. The molecular formula is C8H13N3O3. The highest BCUT2D eigenvalue weighted by Crippen LogP contribution is 1.79. The van der Waals surface area contributed by atoms with Crippen molar-refractivity contribution in [3.63, 3.8) is 0 Å². The number of nitrogens with one attached hydrogen (secondary N) is 2. The predicted molar refractivity (Wildman–Crippen MR) is 48.3 cm³/mol. The van der Waals surface area contributed by atoms with Crippen LogP contribution in [-0.2, 0) is 9.59 Å². The highest BCUT2D eigenvalue weighted by atomic mass is 16.4. The fourth-order valence-corrected chi connectivity index (χ4v) is 0.653. The van der Waals surface area contributed by atoms with Gasteiger partial charge in [-0.2, -0.15) is 5.26 Å². The van der Waals surface area contributed by atoms with Crippen LogP contribution in [-0.4, -0.2) is 36.1 Å². The maximum atomic E-state index is 11.0. The lowest BCUT2D eigenvalue weighted by molar-refractivity contribution is -0.139. The van der Waals surface area contributed by atoms with Gasteiger partial charge in [-0.1, -0.05) is 0 Å². The summed E-state index contributed by atoms with van der Waals surface area (Å²) in [4.78, 5) is 21.3. The summed E-state index contributed by atoms with van der Waals surface area (Å²) in [5, 5.41) is 21.6. The Labute approximate surface area is 81.9 Å². The molecule has 0 fully saturated rings. The molecule has 0 heterocycles. The second-order valence-electron chi connectivity index (χ2n) is 2.70. The van der Waals surface area contributed by atoms with Crippen LogP contribution in [0.5, 0.6) is 0 Å². The first-order chi connectivity index (χ1) is 6.57. The Kier molecular flexibility index (Phi) is 6.07. The Morgan fingerprint density at radius 1 is 1.57 bits per heavy atom. The molecule has 6 heteroatoms. The first kappa shape index (κ1) is 12.4. The van der Waals surface area contributed by atoms with E-state index in [-0.39, 0.29) is 18.9 Å². The van der Waals surface area contributed by atoms with Crippen molar-refractivity contribution in [3.8, 4) is 6.07 Å². The topological polar surface area (TPSA) is 102 Å². The summed E-state index contributed by atoms with van der Waals surface area (Å²) < 4.78 is 0. The lowest BCUT2D eigenvalue weighted by Gasteiger charge is -2.08. The van der Waals surface area contributed by atoms with Crippen molar-refractivity contribution in [1.29, 1.82) is 5.26 Å². The second kappa shape index (κ2) is 6.86.